The van der Waals surface area contributed by atoms with Crippen molar-refractivity contribution in [2.75, 3.05) is 5.88 Å². The molecule has 0 aromatic carbocycles. The van der Waals surface area contributed by atoms with E-state index >= 15 is 0 Å². The predicted molar refractivity (Wildman–Crippen MR) is 47.9 cm³/mol. The Balaban J connectivity index is 3.26. The summed E-state index contributed by atoms with van der Waals surface area (Å²) >= 11 is 5.08. The molecule has 0 bridgehead atoms. The molecule has 0 spiro atoms. The van der Waals surface area contributed by atoms with E-state index in [2.05, 4.69) is 4.99 Å². The minimum absolute atomic E-state index is 0.864. The molecule has 0 fully saturated rings. The van der Waals surface area contributed by atoms with Crippen molar-refractivity contribution in [1.82, 2.24) is 5.32 Å². The highest BCUT2D eigenvalue weighted by Crippen LogP contribution is 2.44. The first-order valence-corrected chi connectivity index (χ1v) is 4.89. The fraction of sp³-hybridized carbons (Fsp3) is 0.857. The third-order valence-corrected chi connectivity index (χ3v) is 2.48. The second kappa shape index (κ2) is 4.14. The summed E-state index contributed by atoms with van der Waals surface area (Å²) in [7, 11) is 0. The standard InChI is InChI=1S/C7H7ClF6N2O2/c8-1-3-15-4(17,6(9,10)11)2-5(18,16-3)7(12,13)14/h17-18H,1-2H2,(H,15,16). The fourth-order valence-corrected chi connectivity index (χ4v) is 1.45. The van der Waals surface area contributed by atoms with Gasteiger partial charge in [0.25, 0.3) is 5.72 Å². The number of aliphatic imine (C=N–C) groups is 1. The second-order valence-electron chi connectivity index (χ2n) is 3.67. The molecule has 1 aliphatic heterocycles. The average molecular weight is 301 g/mol. The van der Waals surface area contributed by atoms with Gasteiger partial charge in [-0.05, 0) is 0 Å². The van der Waals surface area contributed by atoms with Gasteiger partial charge in [0.05, 0.1) is 12.3 Å². The van der Waals surface area contributed by atoms with Crippen LogP contribution in [-0.2, 0) is 0 Å². The number of alkyl halides is 7. The van der Waals surface area contributed by atoms with Gasteiger partial charge in [0.2, 0.25) is 5.72 Å². The van der Waals surface area contributed by atoms with Gasteiger partial charge in [-0.25, -0.2) is 4.99 Å². The topological polar surface area (TPSA) is 64.8 Å². The zero-order valence-corrected chi connectivity index (χ0v) is 9.16. The Kier molecular flexibility index (Phi) is 3.52. The van der Waals surface area contributed by atoms with Crippen molar-refractivity contribution in [2.45, 2.75) is 30.2 Å². The summed E-state index contributed by atoms with van der Waals surface area (Å²) in [6, 6.07) is 0. The number of nitrogens with zero attached hydrogens (tertiary/aromatic N) is 1. The van der Waals surface area contributed by atoms with Crippen LogP contribution in [0.3, 0.4) is 0 Å². The zero-order chi connectivity index (χ0) is 14.4. The third-order valence-electron chi connectivity index (χ3n) is 2.22. The summed E-state index contributed by atoms with van der Waals surface area (Å²) in [5.74, 6) is -1.88. The Morgan fingerprint density at radius 1 is 1.17 bits per heavy atom. The van der Waals surface area contributed by atoms with E-state index in [1.807, 2.05) is 0 Å². The maximum Gasteiger partial charge on any atom is 0.438 e. The minimum Gasteiger partial charge on any atom is -0.363 e. The summed E-state index contributed by atoms with van der Waals surface area (Å²) in [6.07, 6.45) is -13.0. The van der Waals surface area contributed by atoms with Crippen LogP contribution >= 0.6 is 11.6 Å². The third kappa shape index (κ3) is 2.50. The molecule has 0 aliphatic carbocycles. The van der Waals surface area contributed by atoms with E-state index in [0.29, 0.717) is 0 Å². The van der Waals surface area contributed by atoms with Crippen LogP contribution in [0, 0.1) is 0 Å². The number of hydrogen-bond acceptors (Lipinski definition) is 4. The van der Waals surface area contributed by atoms with Gasteiger partial charge in [-0.1, -0.05) is 0 Å². The lowest BCUT2D eigenvalue weighted by molar-refractivity contribution is -0.322. The van der Waals surface area contributed by atoms with E-state index < -0.39 is 41.9 Å². The van der Waals surface area contributed by atoms with Crippen LogP contribution in [-0.4, -0.2) is 45.7 Å². The molecule has 0 aromatic heterocycles. The molecule has 106 valence electrons. The van der Waals surface area contributed by atoms with E-state index in [1.165, 1.54) is 5.32 Å². The van der Waals surface area contributed by atoms with Crippen molar-refractivity contribution in [2.24, 2.45) is 4.99 Å². The first kappa shape index (κ1) is 15.3. The van der Waals surface area contributed by atoms with Crippen LogP contribution in [0.15, 0.2) is 4.99 Å². The molecule has 2 atom stereocenters. The van der Waals surface area contributed by atoms with E-state index in [-0.39, 0.29) is 0 Å². The van der Waals surface area contributed by atoms with E-state index in [9.17, 15) is 31.4 Å². The van der Waals surface area contributed by atoms with Gasteiger partial charge in [0.1, 0.15) is 5.84 Å². The molecule has 3 N–H and O–H groups in total. The van der Waals surface area contributed by atoms with Crippen molar-refractivity contribution >= 4 is 17.4 Å². The molecule has 18 heavy (non-hydrogen) atoms. The lowest BCUT2D eigenvalue weighted by Gasteiger charge is -2.41. The molecular weight excluding hydrogens is 294 g/mol. The first-order chi connectivity index (χ1) is 7.85. The van der Waals surface area contributed by atoms with Crippen molar-refractivity contribution in [1.29, 1.82) is 0 Å². The molecular formula is C7H7ClF6N2O2. The Morgan fingerprint density at radius 2 is 1.67 bits per heavy atom. The van der Waals surface area contributed by atoms with Gasteiger partial charge in [-0.2, -0.15) is 26.3 Å². The van der Waals surface area contributed by atoms with Crippen LogP contribution in [0.2, 0.25) is 0 Å². The number of halogens is 7. The van der Waals surface area contributed by atoms with Gasteiger partial charge in [0, 0.05) is 0 Å². The Labute approximate surface area is 101 Å². The molecule has 2 unspecified atom stereocenters. The molecule has 0 radical (unpaired) electrons. The van der Waals surface area contributed by atoms with Gasteiger partial charge < -0.3 is 15.5 Å². The highest BCUT2D eigenvalue weighted by Gasteiger charge is 2.67. The molecule has 0 saturated carbocycles. The van der Waals surface area contributed by atoms with Crippen molar-refractivity contribution in [3.63, 3.8) is 0 Å². The second-order valence-corrected chi connectivity index (χ2v) is 3.93. The zero-order valence-electron chi connectivity index (χ0n) is 8.40. The van der Waals surface area contributed by atoms with Crippen molar-refractivity contribution in [3.05, 3.63) is 0 Å². The summed E-state index contributed by atoms with van der Waals surface area (Å²) in [5.41, 5.74) is -8.00. The fourth-order valence-electron chi connectivity index (χ4n) is 1.33. The quantitative estimate of drug-likeness (QED) is 0.502. The number of hydrogen-bond donors (Lipinski definition) is 3. The van der Waals surface area contributed by atoms with E-state index in [4.69, 9.17) is 16.7 Å². The largest absolute Gasteiger partial charge is 0.438 e. The maximum atomic E-state index is 12.5. The first-order valence-electron chi connectivity index (χ1n) is 4.36. The van der Waals surface area contributed by atoms with Crippen LogP contribution in [0.1, 0.15) is 6.42 Å². The smallest absolute Gasteiger partial charge is 0.363 e. The SMILES string of the molecule is OC1(C(F)(F)F)CC(O)(C(F)(F)F)NC(CCl)=N1. The molecule has 4 nitrogen and oxygen atoms in total. The van der Waals surface area contributed by atoms with Crippen molar-refractivity contribution < 1.29 is 36.6 Å². The minimum atomic E-state index is -5.48. The summed E-state index contributed by atoms with van der Waals surface area (Å²) in [4.78, 5) is 2.66. The van der Waals surface area contributed by atoms with Gasteiger partial charge in [0.15, 0.2) is 0 Å². The monoisotopic (exact) mass is 300 g/mol. The molecule has 11 heteroatoms. The Hall–Kier alpha value is -0.740. The highest BCUT2D eigenvalue weighted by atomic mass is 35.5. The van der Waals surface area contributed by atoms with Gasteiger partial charge in [-0.15, -0.1) is 11.6 Å². The van der Waals surface area contributed by atoms with Crippen LogP contribution in [0.25, 0.3) is 0 Å². The van der Waals surface area contributed by atoms with Crippen molar-refractivity contribution in [3.8, 4) is 0 Å². The molecule has 1 aliphatic rings. The van der Waals surface area contributed by atoms with E-state index in [1.54, 1.807) is 0 Å². The highest BCUT2D eigenvalue weighted by molar-refractivity contribution is 6.28. The molecule has 1 heterocycles. The Morgan fingerprint density at radius 3 is 2.00 bits per heavy atom. The summed E-state index contributed by atoms with van der Waals surface area (Å²) < 4.78 is 74.8. The van der Waals surface area contributed by atoms with Crippen LogP contribution in [0.5, 0.6) is 0 Å². The number of amidine groups is 1. The number of rotatable bonds is 1. The lowest BCUT2D eigenvalue weighted by atomic mass is 9.96. The number of aliphatic hydroxyl groups is 2. The molecule has 0 amide bonds. The maximum absolute atomic E-state index is 12.5. The molecule has 1 rings (SSSR count). The summed E-state index contributed by atoms with van der Waals surface area (Å²) in [5, 5.41) is 19.6. The predicted octanol–water partition coefficient (Wildman–Crippen LogP) is 1.12. The van der Waals surface area contributed by atoms with Crippen LogP contribution in [0.4, 0.5) is 26.3 Å². The average Bonchev–Trinajstić information content (AvgIpc) is 2.12. The lowest BCUT2D eigenvalue weighted by Crippen LogP contribution is -2.68. The molecule has 0 saturated heterocycles. The van der Waals surface area contributed by atoms with Crippen LogP contribution < -0.4 is 5.32 Å². The molecule has 0 aromatic rings. The van der Waals surface area contributed by atoms with Gasteiger partial charge in [-0.3, -0.25) is 0 Å². The Bertz CT molecular complexity index is 370. The van der Waals surface area contributed by atoms with E-state index in [0.717, 1.165) is 0 Å². The number of nitrogens with one attached hydrogen (secondary N) is 1. The summed E-state index contributed by atoms with van der Waals surface area (Å²) in [6.45, 7) is 0. The normalized spacial score (nSPS) is 33.9. The van der Waals surface area contributed by atoms with Gasteiger partial charge >= 0.3 is 12.4 Å².